The number of carbonyl (C=O) groups is 2. The molecular formula is C30H29NO4S2. The minimum Gasteiger partial charge on any atom is -0.493 e. The Bertz CT molecular complexity index is 1360. The number of esters is 1. The predicted molar refractivity (Wildman–Crippen MR) is 153 cm³/mol. The maximum absolute atomic E-state index is 13.2. The summed E-state index contributed by atoms with van der Waals surface area (Å²) in [5.41, 5.74) is 3.33. The van der Waals surface area contributed by atoms with Gasteiger partial charge in [0, 0.05) is 0 Å². The lowest BCUT2D eigenvalue weighted by Crippen LogP contribution is -2.30. The Morgan fingerprint density at radius 2 is 1.68 bits per heavy atom. The fourth-order valence-corrected chi connectivity index (χ4v) is 5.39. The third-order valence-corrected chi connectivity index (χ3v) is 7.50. The van der Waals surface area contributed by atoms with Crippen molar-refractivity contribution in [3.8, 4) is 11.5 Å². The number of amides is 1. The van der Waals surface area contributed by atoms with Crippen molar-refractivity contribution < 1.29 is 19.1 Å². The van der Waals surface area contributed by atoms with Crippen molar-refractivity contribution >= 4 is 46.3 Å². The Morgan fingerprint density at radius 3 is 2.30 bits per heavy atom. The molecule has 1 fully saturated rings. The van der Waals surface area contributed by atoms with Crippen molar-refractivity contribution in [1.82, 2.24) is 4.90 Å². The second-order valence-electron chi connectivity index (χ2n) is 9.77. The predicted octanol–water partition coefficient (Wildman–Crippen LogP) is 7.17. The number of nitrogens with zero attached hydrogens (tertiary/aromatic N) is 1. The highest BCUT2D eigenvalue weighted by molar-refractivity contribution is 8.26. The first kappa shape index (κ1) is 26.6. The topological polar surface area (TPSA) is 55.8 Å². The van der Waals surface area contributed by atoms with Crippen molar-refractivity contribution in [3.63, 3.8) is 0 Å². The molecule has 1 unspecified atom stereocenters. The molecule has 0 bridgehead atoms. The smallest absolute Gasteiger partial charge is 0.343 e. The summed E-state index contributed by atoms with van der Waals surface area (Å²) >= 11 is 6.79. The number of benzene rings is 3. The summed E-state index contributed by atoms with van der Waals surface area (Å²) in [6.45, 7) is 8.32. The summed E-state index contributed by atoms with van der Waals surface area (Å²) < 4.78 is 11.6. The molecule has 7 heteroatoms. The third kappa shape index (κ3) is 5.95. The molecule has 0 saturated carbocycles. The first-order valence-corrected chi connectivity index (χ1v) is 13.1. The Kier molecular flexibility index (Phi) is 7.85. The van der Waals surface area contributed by atoms with Gasteiger partial charge < -0.3 is 9.47 Å². The molecule has 0 N–H and O–H groups in total. The van der Waals surface area contributed by atoms with Gasteiger partial charge in [0.25, 0.3) is 5.91 Å². The summed E-state index contributed by atoms with van der Waals surface area (Å²) in [5, 5.41) is 0. The van der Waals surface area contributed by atoms with Crippen LogP contribution in [0.4, 0.5) is 0 Å². The monoisotopic (exact) mass is 531 g/mol. The molecule has 1 aliphatic rings. The van der Waals surface area contributed by atoms with E-state index in [1.807, 2.05) is 49.4 Å². The number of ether oxygens (including phenoxy) is 2. The minimum atomic E-state index is -0.470. The van der Waals surface area contributed by atoms with Crippen LogP contribution in [0.2, 0.25) is 0 Å². The van der Waals surface area contributed by atoms with Crippen LogP contribution in [0.15, 0.2) is 77.7 Å². The van der Waals surface area contributed by atoms with Crippen LogP contribution in [-0.4, -0.2) is 28.2 Å². The quantitative estimate of drug-likeness (QED) is 0.145. The van der Waals surface area contributed by atoms with E-state index in [2.05, 4.69) is 20.8 Å². The molecule has 1 atom stereocenters. The fourth-order valence-electron chi connectivity index (χ4n) is 3.97. The van der Waals surface area contributed by atoms with E-state index in [-0.39, 0.29) is 17.4 Å². The summed E-state index contributed by atoms with van der Waals surface area (Å²) in [7, 11) is 1.51. The normalized spacial score (nSPS) is 15.7. The molecule has 37 heavy (non-hydrogen) atoms. The summed E-state index contributed by atoms with van der Waals surface area (Å²) in [4.78, 5) is 28.1. The third-order valence-electron chi connectivity index (χ3n) is 6.17. The van der Waals surface area contributed by atoms with Gasteiger partial charge in [-0.2, -0.15) is 0 Å². The maximum Gasteiger partial charge on any atom is 0.343 e. The minimum absolute atomic E-state index is 0.00462. The van der Waals surface area contributed by atoms with Gasteiger partial charge in [0.15, 0.2) is 11.5 Å². The van der Waals surface area contributed by atoms with Crippen molar-refractivity contribution in [2.75, 3.05) is 7.11 Å². The van der Waals surface area contributed by atoms with Crippen molar-refractivity contribution in [3.05, 3.63) is 100.0 Å². The number of hydrogen-bond donors (Lipinski definition) is 0. The second-order valence-corrected chi connectivity index (χ2v) is 11.4. The number of methoxy groups -OCH3 is 1. The van der Waals surface area contributed by atoms with Gasteiger partial charge in [-0.3, -0.25) is 9.69 Å². The van der Waals surface area contributed by atoms with Crippen LogP contribution in [0.1, 0.15) is 60.8 Å². The standard InChI is InChI=1S/C30H29NO4S2/c1-19(21-9-7-6-8-10-21)31-27(32)26(37-29(31)36)18-20-11-16-24(25(17-20)34-5)35-28(33)22-12-14-23(15-13-22)30(2,3)4/h6-19H,1-5H3/b26-18-. The molecule has 0 spiro atoms. The van der Waals surface area contributed by atoms with Crippen LogP contribution in [0.5, 0.6) is 11.5 Å². The molecule has 0 aliphatic carbocycles. The van der Waals surface area contributed by atoms with Crippen molar-refractivity contribution in [1.29, 1.82) is 0 Å². The first-order chi connectivity index (χ1) is 17.6. The second kappa shape index (κ2) is 10.9. The van der Waals surface area contributed by atoms with Gasteiger partial charge in [-0.15, -0.1) is 0 Å². The number of hydrogen-bond acceptors (Lipinski definition) is 6. The van der Waals surface area contributed by atoms with Crippen molar-refractivity contribution in [2.24, 2.45) is 0 Å². The van der Waals surface area contributed by atoms with Gasteiger partial charge in [-0.25, -0.2) is 4.79 Å². The highest BCUT2D eigenvalue weighted by Crippen LogP contribution is 2.39. The van der Waals surface area contributed by atoms with E-state index >= 15 is 0 Å². The Morgan fingerprint density at radius 1 is 1.00 bits per heavy atom. The van der Waals surface area contributed by atoms with Crippen LogP contribution >= 0.6 is 24.0 Å². The maximum atomic E-state index is 13.2. The van der Waals surface area contributed by atoms with E-state index in [0.29, 0.717) is 26.3 Å². The van der Waals surface area contributed by atoms with Gasteiger partial charge >= 0.3 is 5.97 Å². The fraction of sp³-hybridized carbons (Fsp3) is 0.233. The number of carbonyl (C=O) groups excluding carboxylic acids is 2. The van der Waals surface area contributed by atoms with Gasteiger partial charge in [0.1, 0.15) is 4.32 Å². The van der Waals surface area contributed by atoms with Crippen LogP contribution in [0.25, 0.3) is 6.08 Å². The Hall–Kier alpha value is -3.42. The van der Waals surface area contributed by atoms with Gasteiger partial charge in [-0.05, 0) is 59.4 Å². The van der Waals surface area contributed by atoms with E-state index in [0.717, 1.165) is 16.7 Å². The van der Waals surface area contributed by atoms with E-state index < -0.39 is 5.97 Å². The molecule has 3 aromatic rings. The Balaban J connectivity index is 1.51. The molecule has 1 amide bonds. The first-order valence-electron chi connectivity index (χ1n) is 11.9. The summed E-state index contributed by atoms with van der Waals surface area (Å²) in [6.07, 6.45) is 1.77. The molecule has 1 heterocycles. The van der Waals surface area contributed by atoms with Crippen LogP contribution in [-0.2, 0) is 10.2 Å². The molecule has 5 nitrogen and oxygen atoms in total. The zero-order valence-electron chi connectivity index (χ0n) is 21.5. The van der Waals surface area contributed by atoms with Gasteiger partial charge in [0.2, 0.25) is 0 Å². The average molecular weight is 532 g/mol. The highest BCUT2D eigenvalue weighted by atomic mass is 32.2. The van der Waals surface area contributed by atoms with Gasteiger partial charge in [-0.1, -0.05) is 93.3 Å². The SMILES string of the molecule is COc1cc(/C=C2\SC(=S)N(C(C)c3ccccc3)C2=O)ccc1OC(=O)c1ccc(C(C)(C)C)cc1. The number of rotatable bonds is 6. The van der Waals surface area contributed by atoms with Gasteiger partial charge in [0.05, 0.1) is 23.6 Å². The number of thiocarbonyl (C=S) groups is 1. The van der Waals surface area contributed by atoms with Crippen LogP contribution < -0.4 is 9.47 Å². The summed E-state index contributed by atoms with van der Waals surface area (Å²) in [6, 6.07) is 22.2. The molecule has 0 aromatic heterocycles. The van der Waals surface area contributed by atoms with Crippen molar-refractivity contribution in [2.45, 2.75) is 39.2 Å². The lowest BCUT2D eigenvalue weighted by Gasteiger charge is -2.23. The molecule has 1 aliphatic heterocycles. The zero-order valence-corrected chi connectivity index (χ0v) is 23.1. The Labute approximate surface area is 227 Å². The van der Waals surface area contributed by atoms with Crippen LogP contribution in [0.3, 0.4) is 0 Å². The molecule has 3 aromatic carbocycles. The lowest BCUT2D eigenvalue weighted by atomic mass is 9.87. The number of thioether (sulfide) groups is 1. The molecule has 1 saturated heterocycles. The molecule has 0 radical (unpaired) electrons. The zero-order chi connectivity index (χ0) is 26.7. The van der Waals surface area contributed by atoms with E-state index in [4.69, 9.17) is 21.7 Å². The average Bonchev–Trinajstić information content (AvgIpc) is 3.16. The largest absolute Gasteiger partial charge is 0.493 e. The van der Waals surface area contributed by atoms with Crippen LogP contribution in [0, 0.1) is 0 Å². The van der Waals surface area contributed by atoms with E-state index in [1.54, 1.807) is 41.3 Å². The summed E-state index contributed by atoms with van der Waals surface area (Å²) in [5.74, 6) is 0.0816. The highest BCUT2D eigenvalue weighted by Gasteiger charge is 2.36. The molecular weight excluding hydrogens is 502 g/mol. The molecule has 190 valence electrons. The lowest BCUT2D eigenvalue weighted by molar-refractivity contribution is -0.123. The van der Waals surface area contributed by atoms with E-state index in [1.165, 1.54) is 18.9 Å². The van der Waals surface area contributed by atoms with E-state index in [9.17, 15) is 9.59 Å². The molecule has 4 rings (SSSR count).